The van der Waals surface area contributed by atoms with Crippen molar-refractivity contribution >= 4 is 17.9 Å². The maximum Gasteiger partial charge on any atom is 0.153 e. The second-order valence-electron chi connectivity index (χ2n) is 3.88. The van der Waals surface area contributed by atoms with Crippen molar-refractivity contribution in [1.82, 2.24) is 0 Å². The molecule has 0 aliphatic rings. The summed E-state index contributed by atoms with van der Waals surface area (Å²) in [6.07, 6.45) is 1.56. The van der Waals surface area contributed by atoms with Crippen LogP contribution < -0.4 is 4.74 Å². The number of halogens is 1. The van der Waals surface area contributed by atoms with Crippen molar-refractivity contribution in [2.75, 3.05) is 6.61 Å². The fraction of sp³-hybridized carbons (Fsp3) is 0.133. The third-order valence-corrected chi connectivity index (χ3v) is 2.83. The third-order valence-electron chi connectivity index (χ3n) is 2.59. The van der Waals surface area contributed by atoms with Gasteiger partial charge in [0.05, 0.1) is 12.2 Å². The van der Waals surface area contributed by atoms with Gasteiger partial charge in [-0.3, -0.25) is 4.79 Å². The number of aldehydes is 1. The molecule has 92 valence electrons. The van der Waals surface area contributed by atoms with E-state index in [1.165, 1.54) is 5.56 Å². The molecule has 0 heterocycles. The lowest BCUT2D eigenvalue weighted by molar-refractivity contribution is 0.111. The van der Waals surface area contributed by atoms with Crippen LogP contribution in [0.15, 0.2) is 48.5 Å². The van der Waals surface area contributed by atoms with Crippen LogP contribution in [0.25, 0.3) is 0 Å². The van der Waals surface area contributed by atoms with E-state index >= 15 is 0 Å². The molecule has 0 saturated carbocycles. The van der Waals surface area contributed by atoms with Gasteiger partial charge in [-0.15, -0.1) is 0 Å². The molecule has 0 aliphatic heterocycles. The summed E-state index contributed by atoms with van der Waals surface area (Å²) in [5.41, 5.74) is 1.69. The zero-order valence-electron chi connectivity index (χ0n) is 9.80. The first-order valence-corrected chi connectivity index (χ1v) is 6.09. The first-order chi connectivity index (χ1) is 8.79. The number of ether oxygens (including phenoxy) is 1. The van der Waals surface area contributed by atoms with Crippen LogP contribution in [0.3, 0.4) is 0 Å². The van der Waals surface area contributed by atoms with E-state index in [0.29, 0.717) is 22.9 Å². The van der Waals surface area contributed by atoms with E-state index in [0.717, 1.165) is 12.7 Å². The molecule has 18 heavy (non-hydrogen) atoms. The first-order valence-electron chi connectivity index (χ1n) is 5.71. The minimum atomic E-state index is 0.482. The lowest BCUT2D eigenvalue weighted by Crippen LogP contribution is -2.03. The van der Waals surface area contributed by atoms with E-state index < -0.39 is 0 Å². The van der Waals surface area contributed by atoms with Crippen LogP contribution in [-0.4, -0.2) is 12.9 Å². The zero-order valence-corrected chi connectivity index (χ0v) is 10.6. The topological polar surface area (TPSA) is 26.3 Å². The number of carbonyl (C=O) groups excluding carboxylic acids is 1. The van der Waals surface area contributed by atoms with E-state index in [4.69, 9.17) is 16.3 Å². The molecule has 0 atom stereocenters. The highest BCUT2D eigenvalue weighted by Crippen LogP contribution is 2.21. The Morgan fingerprint density at radius 1 is 1.11 bits per heavy atom. The summed E-state index contributed by atoms with van der Waals surface area (Å²) in [4.78, 5) is 10.9. The van der Waals surface area contributed by atoms with Gasteiger partial charge in [0.25, 0.3) is 0 Å². The van der Waals surface area contributed by atoms with Crippen molar-refractivity contribution in [3.8, 4) is 5.75 Å². The predicted octanol–water partition coefficient (Wildman–Crippen LogP) is 3.77. The van der Waals surface area contributed by atoms with Crippen molar-refractivity contribution in [3.05, 3.63) is 64.7 Å². The molecule has 0 aliphatic carbocycles. The van der Waals surface area contributed by atoms with Gasteiger partial charge in [0, 0.05) is 11.4 Å². The summed E-state index contributed by atoms with van der Waals surface area (Å²) in [5.74, 6) is 0.574. The number of hydrogen-bond donors (Lipinski definition) is 0. The Kier molecular flexibility index (Phi) is 4.37. The molecule has 2 aromatic carbocycles. The highest BCUT2D eigenvalue weighted by atomic mass is 35.5. The highest BCUT2D eigenvalue weighted by molar-refractivity contribution is 6.30. The molecule has 2 rings (SSSR count). The summed E-state index contributed by atoms with van der Waals surface area (Å²) in [7, 11) is 0. The maximum absolute atomic E-state index is 10.9. The summed E-state index contributed by atoms with van der Waals surface area (Å²) in [6, 6.07) is 15.1. The molecule has 0 fully saturated rings. The van der Waals surface area contributed by atoms with Gasteiger partial charge in [-0.05, 0) is 23.8 Å². The van der Waals surface area contributed by atoms with Crippen LogP contribution in [0.2, 0.25) is 5.02 Å². The van der Waals surface area contributed by atoms with Crippen LogP contribution in [0.1, 0.15) is 15.9 Å². The zero-order chi connectivity index (χ0) is 12.8. The number of benzene rings is 2. The van der Waals surface area contributed by atoms with Gasteiger partial charge in [0.15, 0.2) is 6.29 Å². The van der Waals surface area contributed by atoms with E-state index in [1.807, 2.05) is 30.3 Å². The maximum atomic E-state index is 10.9. The van der Waals surface area contributed by atoms with Crippen molar-refractivity contribution in [1.29, 1.82) is 0 Å². The Morgan fingerprint density at radius 3 is 2.61 bits per heavy atom. The summed E-state index contributed by atoms with van der Waals surface area (Å²) in [5, 5.41) is 0.535. The molecule has 0 N–H and O–H groups in total. The Morgan fingerprint density at radius 2 is 1.89 bits per heavy atom. The Labute approximate surface area is 111 Å². The SMILES string of the molecule is O=Cc1cc(Cl)ccc1OCCc1ccccc1. The van der Waals surface area contributed by atoms with Gasteiger partial charge in [-0.25, -0.2) is 0 Å². The summed E-state index contributed by atoms with van der Waals surface area (Å²) >= 11 is 5.81. The molecule has 2 nitrogen and oxygen atoms in total. The minimum Gasteiger partial charge on any atom is -0.492 e. The number of rotatable bonds is 5. The van der Waals surface area contributed by atoms with Gasteiger partial charge in [-0.2, -0.15) is 0 Å². The van der Waals surface area contributed by atoms with Crippen molar-refractivity contribution in [2.45, 2.75) is 6.42 Å². The highest BCUT2D eigenvalue weighted by Gasteiger charge is 2.03. The minimum absolute atomic E-state index is 0.482. The molecular formula is C15H13ClO2. The second kappa shape index (κ2) is 6.22. The van der Waals surface area contributed by atoms with Crippen LogP contribution in [0, 0.1) is 0 Å². The molecule has 0 spiro atoms. The number of carbonyl (C=O) groups is 1. The Balaban J connectivity index is 1.96. The average molecular weight is 261 g/mol. The molecule has 0 radical (unpaired) electrons. The summed E-state index contributed by atoms with van der Waals surface area (Å²) in [6.45, 7) is 0.534. The van der Waals surface area contributed by atoms with Gasteiger partial charge in [0.1, 0.15) is 5.75 Å². The van der Waals surface area contributed by atoms with E-state index in [-0.39, 0.29) is 0 Å². The first kappa shape index (κ1) is 12.7. The smallest absolute Gasteiger partial charge is 0.153 e. The molecule has 0 unspecified atom stereocenters. The van der Waals surface area contributed by atoms with Gasteiger partial charge in [-0.1, -0.05) is 41.9 Å². The molecule has 0 bridgehead atoms. The van der Waals surface area contributed by atoms with E-state index in [1.54, 1.807) is 18.2 Å². The van der Waals surface area contributed by atoms with Crippen LogP contribution in [0.5, 0.6) is 5.75 Å². The largest absolute Gasteiger partial charge is 0.492 e. The van der Waals surface area contributed by atoms with Gasteiger partial charge in [0.2, 0.25) is 0 Å². The predicted molar refractivity (Wildman–Crippen MR) is 72.5 cm³/mol. The van der Waals surface area contributed by atoms with Crippen molar-refractivity contribution in [2.24, 2.45) is 0 Å². The van der Waals surface area contributed by atoms with Crippen molar-refractivity contribution in [3.63, 3.8) is 0 Å². The molecular weight excluding hydrogens is 248 g/mol. The normalized spacial score (nSPS) is 10.1. The van der Waals surface area contributed by atoms with Gasteiger partial charge >= 0.3 is 0 Å². The van der Waals surface area contributed by atoms with Crippen molar-refractivity contribution < 1.29 is 9.53 Å². The Bertz CT molecular complexity index is 523. The fourth-order valence-electron chi connectivity index (χ4n) is 1.67. The fourth-order valence-corrected chi connectivity index (χ4v) is 1.85. The van der Waals surface area contributed by atoms with E-state index in [2.05, 4.69) is 0 Å². The molecule has 0 aromatic heterocycles. The molecule has 0 saturated heterocycles. The lowest BCUT2D eigenvalue weighted by Gasteiger charge is -2.08. The summed E-state index contributed by atoms with van der Waals surface area (Å²) < 4.78 is 5.60. The monoisotopic (exact) mass is 260 g/mol. The van der Waals surface area contributed by atoms with Crippen LogP contribution in [-0.2, 0) is 6.42 Å². The molecule has 0 amide bonds. The standard InChI is InChI=1S/C15H13ClO2/c16-14-6-7-15(13(10-14)11-17)18-9-8-12-4-2-1-3-5-12/h1-7,10-11H,8-9H2. The molecule has 3 heteroatoms. The Hall–Kier alpha value is -1.80. The second-order valence-corrected chi connectivity index (χ2v) is 4.32. The van der Waals surface area contributed by atoms with Crippen LogP contribution >= 0.6 is 11.6 Å². The van der Waals surface area contributed by atoms with E-state index in [9.17, 15) is 4.79 Å². The van der Waals surface area contributed by atoms with Crippen LogP contribution in [0.4, 0.5) is 0 Å². The molecule has 2 aromatic rings. The van der Waals surface area contributed by atoms with Gasteiger partial charge < -0.3 is 4.74 Å². The number of hydrogen-bond acceptors (Lipinski definition) is 2. The quantitative estimate of drug-likeness (QED) is 0.765. The lowest BCUT2D eigenvalue weighted by atomic mass is 10.2. The third kappa shape index (κ3) is 3.34. The average Bonchev–Trinajstić information content (AvgIpc) is 2.41.